The zero-order chi connectivity index (χ0) is 15.5. The van der Waals surface area contributed by atoms with Crippen LogP contribution in [0, 0.1) is 22.5 Å². The Labute approximate surface area is 122 Å². The molecule has 1 fully saturated rings. The molecule has 114 valence electrons. The van der Waals surface area contributed by atoms with Crippen LogP contribution in [0.1, 0.15) is 37.7 Å². The van der Waals surface area contributed by atoms with E-state index in [-0.39, 0.29) is 5.69 Å². The van der Waals surface area contributed by atoms with Gasteiger partial charge in [-0.15, -0.1) is 0 Å². The quantitative estimate of drug-likeness (QED) is 0.638. The number of aliphatic carboxylic acids is 1. The molecule has 0 atom stereocenters. The number of carboxylic acids is 1. The van der Waals surface area contributed by atoms with E-state index in [1.54, 1.807) is 13.0 Å². The van der Waals surface area contributed by atoms with Gasteiger partial charge in [0.25, 0.3) is 5.69 Å². The third kappa shape index (κ3) is 3.29. The average Bonchev–Trinajstić information content (AvgIpc) is 2.45. The molecule has 1 saturated carbocycles. The Morgan fingerprint density at radius 1 is 1.48 bits per heavy atom. The highest BCUT2D eigenvalue weighted by Crippen LogP contribution is 2.36. The monoisotopic (exact) mass is 293 g/mol. The maximum absolute atomic E-state index is 11.6. The Hall–Kier alpha value is -2.18. The number of carboxylic acid groups (broad SMARTS) is 1. The van der Waals surface area contributed by atoms with Crippen molar-refractivity contribution >= 4 is 17.5 Å². The summed E-state index contributed by atoms with van der Waals surface area (Å²) in [6, 6.07) is 1.58. The van der Waals surface area contributed by atoms with Gasteiger partial charge in [-0.05, 0) is 25.8 Å². The maximum Gasteiger partial charge on any atom is 0.311 e. The zero-order valence-corrected chi connectivity index (χ0v) is 12.0. The first-order valence-electron chi connectivity index (χ1n) is 7.03. The van der Waals surface area contributed by atoms with E-state index in [0.717, 1.165) is 19.3 Å². The van der Waals surface area contributed by atoms with Crippen LogP contribution in [0.25, 0.3) is 0 Å². The minimum Gasteiger partial charge on any atom is -0.481 e. The Kier molecular flexibility index (Phi) is 4.40. The molecule has 0 bridgehead atoms. The number of anilines is 1. The summed E-state index contributed by atoms with van der Waals surface area (Å²) in [4.78, 5) is 25.8. The second-order valence-corrected chi connectivity index (χ2v) is 5.61. The van der Waals surface area contributed by atoms with Crippen LogP contribution in [-0.4, -0.2) is 27.5 Å². The SMILES string of the molecule is Cc1cc(NCC2(C(=O)O)CCCCC2)ncc1[N+](=O)[O-]. The number of aryl methyl sites for hydroxylation is 1. The number of hydrogen-bond donors (Lipinski definition) is 2. The highest BCUT2D eigenvalue weighted by molar-refractivity contribution is 5.75. The molecule has 1 aliphatic carbocycles. The smallest absolute Gasteiger partial charge is 0.311 e. The van der Waals surface area contributed by atoms with Crippen LogP contribution in [0.5, 0.6) is 0 Å². The molecule has 0 saturated heterocycles. The average molecular weight is 293 g/mol. The van der Waals surface area contributed by atoms with Crippen molar-refractivity contribution in [2.45, 2.75) is 39.0 Å². The van der Waals surface area contributed by atoms with Crippen molar-refractivity contribution in [2.24, 2.45) is 5.41 Å². The van der Waals surface area contributed by atoms with E-state index in [4.69, 9.17) is 0 Å². The number of pyridine rings is 1. The van der Waals surface area contributed by atoms with Crippen molar-refractivity contribution in [2.75, 3.05) is 11.9 Å². The molecule has 2 rings (SSSR count). The zero-order valence-electron chi connectivity index (χ0n) is 12.0. The lowest BCUT2D eigenvalue weighted by Crippen LogP contribution is -2.39. The van der Waals surface area contributed by atoms with Crippen molar-refractivity contribution in [1.82, 2.24) is 4.98 Å². The largest absolute Gasteiger partial charge is 0.481 e. The molecule has 7 heteroatoms. The molecule has 1 heterocycles. The normalized spacial score (nSPS) is 17.2. The van der Waals surface area contributed by atoms with Gasteiger partial charge in [-0.2, -0.15) is 0 Å². The number of nitrogens with one attached hydrogen (secondary N) is 1. The molecule has 2 N–H and O–H groups in total. The summed E-state index contributed by atoms with van der Waals surface area (Å²) in [6.45, 7) is 1.94. The fraction of sp³-hybridized carbons (Fsp3) is 0.571. The first-order chi connectivity index (χ1) is 9.94. The van der Waals surface area contributed by atoms with E-state index in [0.29, 0.717) is 30.8 Å². The summed E-state index contributed by atoms with van der Waals surface area (Å²) in [5.74, 6) is -0.308. The first kappa shape index (κ1) is 15.2. The number of rotatable bonds is 5. The summed E-state index contributed by atoms with van der Waals surface area (Å²) in [6.07, 6.45) is 5.42. The van der Waals surface area contributed by atoms with Gasteiger partial charge in [0.15, 0.2) is 0 Å². The van der Waals surface area contributed by atoms with Crippen LogP contribution in [0.4, 0.5) is 11.5 Å². The Bertz CT molecular complexity index is 553. The fourth-order valence-electron chi connectivity index (χ4n) is 2.79. The fourth-order valence-corrected chi connectivity index (χ4v) is 2.79. The van der Waals surface area contributed by atoms with Crippen molar-refractivity contribution in [3.8, 4) is 0 Å². The molecule has 1 aromatic rings. The highest BCUT2D eigenvalue weighted by atomic mass is 16.6. The van der Waals surface area contributed by atoms with Gasteiger partial charge in [0.2, 0.25) is 0 Å². The van der Waals surface area contributed by atoms with Gasteiger partial charge in [-0.25, -0.2) is 4.98 Å². The van der Waals surface area contributed by atoms with Crippen molar-refractivity contribution in [3.05, 3.63) is 27.9 Å². The van der Waals surface area contributed by atoms with E-state index in [9.17, 15) is 20.0 Å². The third-order valence-corrected chi connectivity index (χ3v) is 4.15. The predicted octanol–water partition coefficient (Wildman–Crippen LogP) is 2.75. The van der Waals surface area contributed by atoms with Gasteiger partial charge < -0.3 is 10.4 Å². The summed E-state index contributed by atoms with van der Waals surface area (Å²) >= 11 is 0. The summed E-state index contributed by atoms with van der Waals surface area (Å²) < 4.78 is 0. The first-order valence-corrected chi connectivity index (χ1v) is 7.03. The lowest BCUT2D eigenvalue weighted by Gasteiger charge is -2.33. The summed E-state index contributed by atoms with van der Waals surface area (Å²) in [5.41, 5.74) is -0.285. The molecule has 0 spiro atoms. The Morgan fingerprint density at radius 2 is 2.14 bits per heavy atom. The number of carbonyl (C=O) groups is 1. The predicted molar refractivity (Wildman–Crippen MR) is 77.3 cm³/mol. The second-order valence-electron chi connectivity index (χ2n) is 5.61. The van der Waals surface area contributed by atoms with Crippen LogP contribution in [0.3, 0.4) is 0 Å². The Balaban J connectivity index is 2.09. The molecule has 0 aromatic carbocycles. The van der Waals surface area contributed by atoms with Gasteiger partial charge in [0.1, 0.15) is 12.0 Å². The topological polar surface area (TPSA) is 105 Å². The molecule has 21 heavy (non-hydrogen) atoms. The lowest BCUT2D eigenvalue weighted by atomic mass is 9.74. The molecule has 0 aliphatic heterocycles. The molecular weight excluding hydrogens is 274 g/mol. The number of nitro groups is 1. The van der Waals surface area contributed by atoms with Gasteiger partial charge in [0.05, 0.1) is 10.3 Å². The van der Waals surface area contributed by atoms with Gasteiger partial charge in [0, 0.05) is 12.1 Å². The van der Waals surface area contributed by atoms with Gasteiger partial charge in [-0.1, -0.05) is 19.3 Å². The van der Waals surface area contributed by atoms with Crippen LogP contribution >= 0.6 is 0 Å². The van der Waals surface area contributed by atoms with E-state index >= 15 is 0 Å². The van der Waals surface area contributed by atoms with Crippen LogP contribution < -0.4 is 5.32 Å². The summed E-state index contributed by atoms with van der Waals surface area (Å²) in [7, 11) is 0. The van der Waals surface area contributed by atoms with Crippen LogP contribution in [-0.2, 0) is 4.79 Å². The number of nitrogens with zero attached hydrogens (tertiary/aromatic N) is 2. The van der Waals surface area contributed by atoms with Gasteiger partial charge >= 0.3 is 5.97 Å². The summed E-state index contributed by atoms with van der Waals surface area (Å²) in [5, 5.41) is 23.3. The van der Waals surface area contributed by atoms with E-state index in [1.807, 2.05) is 0 Å². The number of aromatic nitrogens is 1. The second kappa shape index (κ2) is 6.07. The molecule has 1 aromatic heterocycles. The highest BCUT2D eigenvalue weighted by Gasteiger charge is 2.39. The lowest BCUT2D eigenvalue weighted by molar-refractivity contribution is -0.385. The Morgan fingerprint density at radius 3 is 2.67 bits per heavy atom. The van der Waals surface area contributed by atoms with Gasteiger partial charge in [-0.3, -0.25) is 14.9 Å². The maximum atomic E-state index is 11.6. The molecule has 0 radical (unpaired) electrons. The minimum absolute atomic E-state index is 0.0360. The van der Waals surface area contributed by atoms with E-state index in [1.165, 1.54) is 6.20 Å². The number of hydrogen-bond acceptors (Lipinski definition) is 5. The van der Waals surface area contributed by atoms with Crippen molar-refractivity contribution in [3.63, 3.8) is 0 Å². The van der Waals surface area contributed by atoms with Crippen LogP contribution in [0.15, 0.2) is 12.3 Å². The van der Waals surface area contributed by atoms with Crippen LogP contribution in [0.2, 0.25) is 0 Å². The minimum atomic E-state index is -0.784. The molecule has 7 nitrogen and oxygen atoms in total. The van der Waals surface area contributed by atoms with Crippen molar-refractivity contribution in [1.29, 1.82) is 0 Å². The molecular formula is C14H19N3O4. The molecule has 1 aliphatic rings. The van der Waals surface area contributed by atoms with E-state index in [2.05, 4.69) is 10.3 Å². The molecule has 0 unspecified atom stereocenters. The standard InChI is InChI=1S/C14H19N3O4/c1-10-7-12(15-8-11(10)17(20)21)16-9-14(13(18)19)5-3-2-4-6-14/h7-8H,2-6,9H2,1H3,(H,15,16)(H,18,19). The van der Waals surface area contributed by atoms with Crippen molar-refractivity contribution < 1.29 is 14.8 Å². The third-order valence-electron chi connectivity index (χ3n) is 4.15. The molecule has 0 amide bonds. The van der Waals surface area contributed by atoms with E-state index < -0.39 is 16.3 Å².